The first-order valence-electron chi connectivity index (χ1n) is 4.20. The first-order chi connectivity index (χ1) is 7.18. The predicted octanol–water partition coefficient (Wildman–Crippen LogP) is 1.94. The summed E-state index contributed by atoms with van der Waals surface area (Å²) in [6.07, 6.45) is 0. The first kappa shape index (κ1) is 9.73. The lowest BCUT2D eigenvalue weighted by Gasteiger charge is -2.01. The third-order valence-electron chi connectivity index (χ3n) is 1.88. The second kappa shape index (κ2) is 3.74. The van der Waals surface area contributed by atoms with Crippen LogP contribution in [-0.2, 0) is 0 Å². The summed E-state index contributed by atoms with van der Waals surface area (Å²) in [5.74, 6) is 0. The number of nitrogens with two attached hydrogens (primary N) is 1. The molecule has 0 aliphatic rings. The zero-order chi connectivity index (χ0) is 10.8. The highest BCUT2D eigenvalue weighted by molar-refractivity contribution is 6.31. The Labute approximate surface area is 90.3 Å². The Morgan fingerprint density at radius 3 is 2.53 bits per heavy atom. The van der Waals surface area contributed by atoms with E-state index in [1.165, 1.54) is 0 Å². The topological polar surface area (TPSA) is 69.1 Å². The fraction of sp³-hybridized carbons (Fsp3) is 0. The van der Waals surface area contributed by atoms with Gasteiger partial charge in [-0.2, -0.15) is 4.98 Å². The van der Waals surface area contributed by atoms with Crippen molar-refractivity contribution in [3.63, 3.8) is 0 Å². The fourth-order valence-electron chi connectivity index (χ4n) is 1.25. The van der Waals surface area contributed by atoms with Gasteiger partial charge in [-0.05, 0) is 17.2 Å². The van der Waals surface area contributed by atoms with Gasteiger partial charge in [0.15, 0.2) is 0 Å². The maximum Gasteiger partial charge on any atom is 0.296 e. The number of benzene rings is 1. The van der Waals surface area contributed by atoms with E-state index in [4.69, 9.17) is 21.8 Å². The monoisotopic (exact) mass is 222 g/mol. The van der Waals surface area contributed by atoms with Crippen molar-refractivity contribution in [2.24, 2.45) is 0 Å². The highest BCUT2D eigenvalue weighted by atomic mass is 35.5. The number of hydrogen-bond donors (Lipinski definition) is 1. The first-order valence-corrected chi connectivity index (χ1v) is 4.58. The molecule has 0 fully saturated rings. The molecule has 2 rings (SSSR count). The van der Waals surface area contributed by atoms with Crippen LogP contribution in [0.25, 0.3) is 11.1 Å². The van der Waals surface area contributed by atoms with Gasteiger partial charge >= 0.3 is 0 Å². The summed E-state index contributed by atoms with van der Waals surface area (Å²) in [7, 11) is 0. The average molecular weight is 223 g/mol. The van der Waals surface area contributed by atoms with Gasteiger partial charge in [0.25, 0.3) is 11.6 Å². The summed E-state index contributed by atoms with van der Waals surface area (Å²) in [5.41, 5.74) is 5.64. The Morgan fingerprint density at radius 1 is 1.27 bits per heavy atom. The normalized spacial score (nSPS) is 10.2. The highest BCUT2D eigenvalue weighted by Crippen LogP contribution is 2.24. The van der Waals surface area contributed by atoms with E-state index in [2.05, 4.69) is 4.98 Å². The molecule has 0 unspecified atom stereocenters. The lowest BCUT2D eigenvalue weighted by Crippen LogP contribution is -2.11. The maximum atomic E-state index is 11.5. The summed E-state index contributed by atoms with van der Waals surface area (Å²) in [5, 5.41) is -0.0429. The van der Waals surface area contributed by atoms with Crippen LogP contribution in [0.4, 0.5) is 6.01 Å². The van der Waals surface area contributed by atoms with Gasteiger partial charge in [0.05, 0.1) is 0 Å². The molecule has 0 spiro atoms. The molecular formula is C10H7ClN2O2. The number of anilines is 1. The molecule has 0 amide bonds. The van der Waals surface area contributed by atoms with Crippen LogP contribution in [0.15, 0.2) is 39.5 Å². The second-order valence-electron chi connectivity index (χ2n) is 2.87. The van der Waals surface area contributed by atoms with Crippen LogP contribution < -0.4 is 11.3 Å². The molecule has 0 aliphatic carbocycles. The molecule has 0 bridgehead atoms. The predicted molar refractivity (Wildman–Crippen MR) is 57.6 cm³/mol. The van der Waals surface area contributed by atoms with E-state index < -0.39 is 5.56 Å². The van der Waals surface area contributed by atoms with Gasteiger partial charge in [0, 0.05) is 0 Å². The molecule has 4 nitrogen and oxygen atoms in total. The second-order valence-corrected chi connectivity index (χ2v) is 3.22. The van der Waals surface area contributed by atoms with Gasteiger partial charge in [0.1, 0.15) is 5.56 Å². The quantitative estimate of drug-likeness (QED) is 0.801. The lowest BCUT2D eigenvalue weighted by atomic mass is 10.1. The van der Waals surface area contributed by atoms with Crippen molar-refractivity contribution in [1.82, 2.24) is 4.98 Å². The summed E-state index contributed by atoms with van der Waals surface area (Å²) < 4.78 is 4.88. The van der Waals surface area contributed by atoms with Crippen molar-refractivity contribution in [2.45, 2.75) is 0 Å². The van der Waals surface area contributed by atoms with Crippen molar-refractivity contribution in [3.8, 4) is 11.1 Å². The minimum atomic E-state index is -0.491. The van der Waals surface area contributed by atoms with Gasteiger partial charge in [-0.15, -0.1) is 0 Å². The minimum absolute atomic E-state index is 0.0429. The standard InChI is InChI=1S/C10H7ClN2O2/c11-8-7(6-4-2-1-3-5-6)9(14)13-10(12)15-8/h1-5H,(H2,12,13,14). The minimum Gasteiger partial charge on any atom is -0.413 e. The fourth-order valence-corrected chi connectivity index (χ4v) is 1.52. The molecule has 1 aromatic heterocycles. The Kier molecular flexibility index (Phi) is 2.43. The number of aromatic nitrogens is 1. The van der Waals surface area contributed by atoms with Crippen LogP contribution in [-0.4, -0.2) is 4.98 Å². The number of halogens is 1. The Hall–Kier alpha value is -1.81. The van der Waals surface area contributed by atoms with Crippen molar-refractivity contribution >= 4 is 17.6 Å². The van der Waals surface area contributed by atoms with E-state index in [0.717, 1.165) is 0 Å². The zero-order valence-electron chi connectivity index (χ0n) is 7.61. The number of nitrogen functional groups attached to an aromatic ring is 1. The molecule has 2 aromatic rings. The van der Waals surface area contributed by atoms with Crippen molar-refractivity contribution < 1.29 is 4.42 Å². The van der Waals surface area contributed by atoms with Crippen molar-refractivity contribution in [1.29, 1.82) is 0 Å². The molecule has 0 radical (unpaired) electrons. The van der Waals surface area contributed by atoms with E-state index >= 15 is 0 Å². The molecule has 15 heavy (non-hydrogen) atoms. The largest absolute Gasteiger partial charge is 0.413 e. The van der Waals surface area contributed by atoms with E-state index in [1.54, 1.807) is 24.3 Å². The smallest absolute Gasteiger partial charge is 0.296 e. The van der Waals surface area contributed by atoms with Crippen LogP contribution >= 0.6 is 11.6 Å². The zero-order valence-corrected chi connectivity index (χ0v) is 8.36. The highest BCUT2D eigenvalue weighted by Gasteiger charge is 2.12. The van der Waals surface area contributed by atoms with Crippen molar-refractivity contribution in [3.05, 3.63) is 45.9 Å². The molecule has 1 heterocycles. The molecule has 0 atom stereocenters. The van der Waals surface area contributed by atoms with E-state index in [-0.39, 0.29) is 16.8 Å². The third kappa shape index (κ3) is 1.85. The van der Waals surface area contributed by atoms with Crippen LogP contribution in [0, 0.1) is 0 Å². The maximum absolute atomic E-state index is 11.5. The van der Waals surface area contributed by atoms with Crippen molar-refractivity contribution in [2.75, 3.05) is 5.73 Å². The summed E-state index contributed by atoms with van der Waals surface area (Å²) >= 11 is 5.78. The van der Waals surface area contributed by atoms with E-state index in [1.807, 2.05) is 6.07 Å². The molecule has 0 saturated carbocycles. The number of rotatable bonds is 1. The Bertz CT molecular complexity index is 537. The Balaban J connectivity index is 2.69. The summed E-state index contributed by atoms with van der Waals surface area (Å²) in [6, 6.07) is 8.68. The van der Waals surface area contributed by atoms with Gasteiger partial charge in [-0.3, -0.25) is 4.79 Å². The molecule has 2 N–H and O–H groups in total. The van der Waals surface area contributed by atoms with Gasteiger partial charge < -0.3 is 10.2 Å². The van der Waals surface area contributed by atoms with Gasteiger partial charge in [-0.1, -0.05) is 30.3 Å². The molecule has 1 aromatic carbocycles. The SMILES string of the molecule is Nc1nc(=O)c(-c2ccccc2)c(Cl)o1. The van der Waals surface area contributed by atoms with Crippen LogP contribution in [0.5, 0.6) is 0 Å². The number of nitrogens with zero attached hydrogens (tertiary/aromatic N) is 1. The summed E-state index contributed by atoms with van der Waals surface area (Å²) in [4.78, 5) is 15.0. The van der Waals surface area contributed by atoms with Gasteiger partial charge in [-0.25, -0.2) is 0 Å². The van der Waals surface area contributed by atoms with E-state index in [0.29, 0.717) is 5.56 Å². The third-order valence-corrected chi connectivity index (χ3v) is 2.14. The average Bonchev–Trinajstić information content (AvgIpc) is 2.17. The van der Waals surface area contributed by atoms with Crippen LogP contribution in [0.2, 0.25) is 5.22 Å². The van der Waals surface area contributed by atoms with E-state index in [9.17, 15) is 4.79 Å². The Morgan fingerprint density at radius 2 is 1.93 bits per heavy atom. The molecule has 0 aliphatic heterocycles. The lowest BCUT2D eigenvalue weighted by molar-refractivity contribution is 0.553. The molecule has 76 valence electrons. The van der Waals surface area contributed by atoms with Crippen LogP contribution in [0.1, 0.15) is 0 Å². The summed E-state index contributed by atoms with van der Waals surface area (Å²) in [6.45, 7) is 0. The van der Waals surface area contributed by atoms with Crippen LogP contribution in [0.3, 0.4) is 0 Å². The number of hydrogen-bond acceptors (Lipinski definition) is 4. The molecular weight excluding hydrogens is 216 g/mol. The van der Waals surface area contributed by atoms with Gasteiger partial charge in [0.2, 0.25) is 5.22 Å². The molecule has 5 heteroatoms. The molecule has 0 saturated heterocycles.